The smallest absolute Gasteiger partial charge is 0.267 e. The van der Waals surface area contributed by atoms with E-state index in [1.807, 2.05) is 12.1 Å². The lowest BCUT2D eigenvalue weighted by Gasteiger charge is -2.11. The third kappa shape index (κ3) is 3.53. The normalized spacial score (nSPS) is 11.5. The number of sulfonamides is 1. The third-order valence-corrected chi connectivity index (χ3v) is 4.33. The van der Waals surface area contributed by atoms with Crippen molar-refractivity contribution >= 4 is 21.5 Å². The maximum atomic E-state index is 12.4. The summed E-state index contributed by atoms with van der Waals surface area (Å²) >= 11 is 0. The van der Waals surface area contributed by atoms with Crippen LogP contribution in [0.2, 0.25) is 0 Å². The number of nitrogens with one attached hydrogen (secondary N) is 1. The number of methoxy groups -OCH3 is 1. The largest absolute Gasteiger partial charge is 0.384 e. The predicted octanol–water partition coefficient (Wildman–Crippen LogP) is 0.992. The standard InChI is InChI=1S/C13H18N4O3S/c1-17-9-12(13(14)15-17)21(18,19)16-11-6-4-3-5-10(11)7-8-20-2/h3-6,9,16H,7-8H2,1-2H3,(H2,14,15). The fourth-order valence-electron chi connectivity index (χ4n) is 1.94. The van der Waals surface area contributed by atoms with Crippen molar-refractivity contribution in [1.82, 2.24) is 9.78 Å². The lowest BCUT2D eigenvalue weighted by Crippen LogP contribution is -2.15. The number of aromatic nitrogens is 2. The highest BCUT2D eigenvalue weighted by Gasteiger charge is 2.21. The van der Waals surface area contributed by atoms with Crippen molar-refractivity contribution in [2.75, 3.05) is 24.2 Å². The number of para-hydroxylation sites is 1. The zero-order valence-corrected chi connectivity index (χ0v) is 12.7. The monoisotopic (exact) mass is 310 g/mol. The van der Waals surface area contributed by atoms with Gasteiger partial charge >= 0.3 is 0 Å². The summed E-state index contributed by atoms with van der Waals surface area (Å²) in [5.74, 6) is -0.0284. The second kappa shape index (κ2) is 6.15. The lowest BCUT2D eigenvalue weighted by molar-refractivity contribution is 0.202. The number of anilines is 2. The van der Waals surface area contributed by atoms with Gasteiger partial charge in [0.05, 0.1) is 12.3 Å². The van der Waals surface area contributed by atoms with E-state index in [4.69, 9.17) is 10.5 Å². The van der Waals surface area contributed by atoms with E-state index < -0.39 is 10.0 Å². The minimum absolute atomic E-state index is 0.0284. The highest BCUT2D eigenvalue weighted by molar-refractivity contribution is 7.92. The summed E-state index contributed by atoms with van der Waals surface area (Å²) < 4.78 is 33.7. The van der Waals surface area contributed by atoms with Gasteiger partial charge in [-0.05, 0) is 18.1 Å². The number of rotatable bonds is 6. The van der Waals surface area contributed by atoms with Gasteiger partial charge in [-0.1, -0.05) is 18.2 Å². The average Bonchev–Trinajstić information content (AvgIpc) is 2.77. The average molecular weight is 310 g/mol. The summed E-state index contributed by atoms with van der Waals surface area (Å²) in [4.78, 5) is -0.0356. The number of nitrogens with two attached hydrogens (primary N) is 1. The molecular formula is C13H18N4O3S. The molecular weight excluding hydrogens is 292 g/mol. The Balaban J connectivity index is 2.31. The second-order valence-corrected chi connectivity index (χ2v) is 6.21. The Hall–Kier alpha value is -2.06. The van der Waals surface area contributed by atoms with Gasteiger partial charge in [0.25, 0.3) is 10.0 Å². The Labute approximate surface area is 123 Å². The van der Waals surface area contributed by atoms with Gasteiger partial charge in [0, 0.05) is 20.4 Å². The molecule has 21 heavy (non-hydrogen) atoms. The molecule has 114 valence electrons. The van der Waals surface area contributed by atoms with Crippen LogP contribution < -0.4 is 10.5 Å². The summed E-state index contributed by atoms with van der Waals surface area (Å²) in [5.41, 5.74) is 6.99. The molecule has 0 fully saturated rings. The van der Waals surface area contributed by atoms with Crippen LogP contribution in [0.4, 0.5) is 11.5 Å². The number of hydrogen-bond acceptors (Lipinski definition) is 5. The molecule has 0 aliphatic heterocycles. The summed E-state index contributed by atoms with van der Waals surface area (Å²) in [5, 5.41) is 3.85. The van der Waals surface area contributed by atoms with E-state index in [9.17, 15) is 8.42 Å². The van der Waals surface area contributed by atoms with Crippen LogP contribution in [0.3, 0.4) is 0 Å². The molecule has 1 aromatic carbocycles. The fraction of sp³-hybridized carbons (Fsp3) is 0.308. The minimum Gasteiger partial charge on any atom is -0.384 e. The summed E-state index contributed by atoms with van der Waals surface area (Å²) in [6.45, 7) is 0.508. The maximum absolute atomic E-state index is 12.4. The highest BCUT2D eigenvalue weighted by atomic mass is 32.2. The van der Waals surface area contributed by atoms with Crippen LogP contribution in [0, 0.1) is 0 Å². The zero-order chi connectivity index (χ0) is 15.5. The van der Waals surface area contributed by atoms with E-state index in [0.29, 0.717) is 18.7 Å². The molecule has 0 aliphatic carbocycles. The van der Waals surface area contributed by atoms with Crippen LogP contribution in [0.1, 0.15) is 5.56 Å². The molecule has 1 heterocycles. The molecule has 0 aliphatic rings. The maximum Gasteiger partial charge on any atom is 0.267 e. The quantitative estimate of drug-likeness (QED) is 0.829. The Morgan fingerprint density at radius 3 is 2.71 bits per heavy atom. The topological polar surface area (TPSA) is 99.2 Å². The first-order valence-corrected chi connectivity index (χ1v) is 7.81. The van der Waals surface area contributed by atoms with E-state index in [0.717, 1.165) is 5.56 Å². The number of benzene rings is 1. The Kier molecular flexibility index (Phi) is 4.49. The molecule has 2 aromatic rings. The van der Waals surface area contributed by atoms with E-state index in [1.165, 1.54) is 10.9 Å². The van der Waals surface area contributed by atoms with E-state index in [-0.39, 0.29) is 10.7 Å². The van der Waals surface area contributed by atoms with Crippen LogP contribution in [-0.2, 0) is 28.2 Å². The molecule has 0 unspecified atom stereocenters. The van der Waals surface area contributed by atoms with Gasteiger partial charge in [-0.15, -0.1) is 0 Å². The first-order valence-electron chi connectivity index (χ1n) is 6.33. The van der Waals surface area contributed by atoms with E-state index in [2.05, 4.69) is 9.82 Å². The molecule has 0 radical (unpaired) electrons. The van der Waals surface area contributed by atoms with Gasteiger partial charge in [0.15, 0.2) is 5.82 Å². The predicted molar refractivity (Wildman–Crippen MR) is 80.5 cm³/mol. The molecule has 0 bridgehead atoms. The van der Waals surface area contributed by atoms with Crippen molar-refractivity contribution in [3.63, 3.8) is 0 Å². The molecule has 0 saturated heterocycles. The minimum atomic E-state index is -3.77. The molecule has 7 nitrogen and oxygen atoms in total. The van der Waals surface area contributed by atoms with Crippen molar-refractivity contribution in [3.05, 3.63) is 36.0 Å². The molecule has 2 rings (SSSR count). The molecule has 0 saturated carbocycles. The summed E-state index contributed by atoms with van der Waals surface area (Å²) in [6.07, 6.45) is 1.98. The number of nitrogen functional groups attached to an aromatic ring is 1. The number of nitrogens with zero attached hydrogens (tertiary/aromatic N) is 2. The number of ether oxygens (including phenoxy) is 1. The van der Waals surface area contributed by atoms with Gasteiger partial charge in [-0.25, -0.2) is 8.42 Å². The first kappa shape index (κ1) is 15.3. The van der Waals surface area contributed by atoms with Crippen LogP contribution in [0.15, 0.2) is 35.4 Å². The molecule has 0 atom stereocenters. The Morgan fingerprint density at radius 2 is 2.10 bits per heavy atom. The highest BCUT2D eigenvalue weighted by Crippen LogP contribution is 2.23. The lowest BCUT2D eigenvalue weighted by atomic mass is 10.1. The van der Waals surface area contributed by atoms with Gasteiger partial charge in [0.1, 0.15) is 4.90 Å². The van der Waals surface area contributed by atoms with Crippen LogP contribution >= 0.6 is 0 Å². The second-order valence-electron chi connectivity index (χ2n) is 4.56. The van der Waals surface area contributed by atoms with E-state index >= 15 is 0 Å². The molecule has 0 amide bonds. The third-order valence-electron chi connectivity index (χ3n) is 2.95. The van der Waals surface area contributed by atoms with Gasteiger partial charge in [-0.3, -0.25) is 9.40 Å². The van der Waals surface area contributed by atoms with Crippen LogP contribution in [0.25, 0.3) is 0 Å². The Bertz CT molecular complexity index is 725. The molecule has 1 aromatic heterocycles. The van der Waals surface area contributed by atoms with Crippen molar-refractivity contribution in [3.8, 4) is 0 Å². The van der Waals surface area contributed by atoms with Crippen molar-refractivity contribution in [2.24, 2.45) is 7.05 Å². The van der Waals surface area contributed by atoms with Crippen molar-refractivity contribution in [1.29, 1.82) is 0 Å². The van der Waals surface area contributed by atoms with Gasteiger partial charge in [0.2, 0.25) is 0 Å². The zero-order valence-electron chi connectivity index (χ0n) is 11.9. The van der Waals surface area contributed by atoms with Crippen molar-refractivity contribution < 1.29 is 13.2 Å². The van der Waals surface area contributed by atoms with Crippen molar-refractivity contribution in [2.45, 2.75) is 11.3 Å². The summed E-state index contributed by atoms with van der Waals surface area (Å²) in [6, 6.07) is 7.17. The molecule has 3 N–H and O–H groups in total. The number of hydrogen-bond donors (Lipinski definition) is 2. The summed E-state index contributed by atoms with van der Waals surface area (Å²) in [7, 11) is -0.557. The first-order chi connectivity index (χ1) is 9.94. The van der Waals surface area contributed by atoms with Gasteiger partial charge in [-0.2, -0.15) is 5.10 Å². The van der Waals surface area contributed by atoms with E-state index in [1.54, 1.807) is 26.3 Å². The molecule has 8 heteroatoms. The SMILES string of the molecule is COCCc1ccccc1NS(=O)(=O)c1cn(C)nc1N. The van der Waals surface area contributed by atoms with Crippen LogP contribution in [0.5, 0.6) is 0 Å². The number of aryl methyl sites for hydroxylation is 1. The van der Waals surface area contributed by atoms with Crippen LogP contribution in [-0.4, -0.2) is 31.9 Å². The Morgan fingerprint density at radius 1 is 1.38 bits per heavy atom. The molecule has 0 spiro atoms. The van der Waals surface area contributed by atoms with Gasteiger partial charge < -0.3 is 10.5 Å². The fourth-order valence-corrected chi connectivity index (χ4v) is 3.15.